The minimum Gasteiger partial charge on any atom is -0.490 e. The summed E-state index contributed by atoms with van der Waals surface area (Å²) in [6.45, 7) is 0.767. The average Bonchev–Trinajstić information content (AvgIpc) is 2.89. The van der Waals surface area contributed by atoms with Gasteiger partial charge in [-0.25, -0.2) is 4.98 Å². The molecule has 0 saturated heterocycles. The van der Waals surface area contributed by atoms with Crippen LogP contribution in [0.4, 0.5) is 5.69 Å². The summed E-state index contributed by atoms with van der Waals surface area (Å²) < 4.78 is 12.3. The van der Waals surface area contributed by atoms with Crippen molar-refractivity contribution in [2.45, 2.75) is 13.0 Å². The number of rotatable bonds is 3. The highest BCUT2D eigenvalue weighted by molar-refractivity contribution is 6.38. The van der Waals surface area contributed by atoms with Crippen LogP contribution in [0.1, 0.15) is 6.42 Å². The lowest BCUT2D eigenvalue weighted by Gasteiger charge is -2.13. The van der Waals surface area contributed by atoms with E-state index in [0.717, 1.165) is 6.42 Å². The maximum absolute atomic E-state index is 12.7. The van der Waals surface area contributed by atoms with E-state index in [1.165, 1.54) is 23.0 Å². The van der Waals surface area contributed by atoms with Gasteiger partial charge in [-0.3, -0.25) is 14.2 Å². The molecule has 10 heteroatoms. The molecule has 0 spiro atoms. The minimum absolute atomic E-state index is 0.228. The molecule has 1 aliphatic heterocycles. The molecule has 1 N–H and O–H groups in total. The first-order valence-corrected chi connectivity index (χ1v) is 9.79. The van der Waals surface area contributed by atoms with Gasteiger partial charge in [-0.1, -0.05) is 34.8 Å². The van der Waals surface area contributed by atoms with Crippen LogP contribution in [-0.2, 0) is 11.3 Å². The number of ether oxygens (including phenoxy) is 2. The van der Waals surface area contributed by atoms with E-state index in [9.17, 15) is 9.59 Å². The first-order valence-electron chi connectivity index (χ1n) is 8.65. The van der Waals surface area contributed by atoms with Crippen LogP contribution in [-0.4, -0.2) is 28.7 Å². The van der Waals surface area contributed by atoms with E-state index < -0.39 is 11.5 Å². The van der Waals surface area contributed by atoms with Crippen molar-refractivity contribution in [2.24, 2.45) is 0 Å². The molecule has 29 heavy (non-hydrogen) atoms. The topological polar surface area (TPSA) is 82.5 Å². The van der Waals surface area contributed by atoms with Gasteiger partial charge >= 0.3 is 0 Å². The Balaban J connectivity index is 1.58. The molecule has 3 aromatic rings. The Hall–Kier alpha value is -2.48. The molecule has 4 rings (SSSR count). The first kappa shape index (κ1) is 19.8. The fraction of sp³-hybridized carbons (Fsp3) is 0.211. The second-order valence-electron chi connectivity index (χ2n) is 6.34. The molecule has 0 fully saturated rings. The Morgan fingerprint density at radius 2 is 1.79 bits per heavy atom. The molecule has 7 nitrogen and oxygen atoms in total. The van der Waals surface area contributed by atoms with Crippen molar-refractivity contribution in [2.75, 3.05) is 18.5 Å². The lowest BCUT2D eigenvalue weighted by Crippen LogP contribution is -2.28. The van der Waals surface area contributed by atoms with Gasteiger partial charge in [0, 0.05) is 23.6 Å². The van der Waals surface area contributed by atoms with Crippen molar-refractivity contribution >= 4 is 57.3 Å². The standard InChI is InChI=1S/C19H14Cl3N3O4/c20-10-4-11-18(13(22)5-10)23-9-25(19(11)27)8-17(26)24-14-7-16-15(6-12(14)21)28-2-1-3-29-16/h4-7,9H,1-3,8H2,(H,24,26). The third kappa shape index (κ3) is 4.12. The molecule has 150 valence electrons. The Morgan fingerprint density at radius 3 is 2.55 bits per heavy atom. The number of hydrogen-bond donors (Lipinski definition) is 1. The van der Waals surface area contributed by atoms with Crippen molar-refractivity contribution in [1.29, 1.82) is 0 Å². The molecular formula is C19H14Cl3N3O4. The largest absolute Gasteiger partial charge is 0.490 e. The second kappa shape index (κ2) is 8.10. The van der Waals surface area contributed by atoms with E-state index in [-0.39, 0.29) is 17.0 Å². The van der Waals surface area contributed by atoms with Gasteiger partial charge in [0.2, 0.25) is 5.91 Å². The van der Waals surface area contributed by atoms with Crippen LogP contribution in [0, 0.1) is 0 Å². The maximum Gasteiger partial charge on any atom is 0.261 e. The Labute approximate surface area is 180 Å². The van der Waals surface area contributed by atoms with Crippen molar-refractivity contribution < 1.29 is 14.3 Å². The van der Waals surface area contributed by atoms with Crippen molar-refractivity contribution in [3.8, 4) is 11.5 Å². The van der Waals surface area contributed by atoms with Crippen LogP contribution in [0.25, 0.3) is 10.9 Å². The van der Waals surface area contributed by atoms with E-state index in [4.69, 9.17) is 44.3 Å². The monoisotopic (exact) mass is 453 g/mol. The van der Waals surface area contributed by atoms with Gasteiger partial charge in [-0.15, -0.1) is 0 Å². The zero-order chi connectivity index (χ0) is 20.5. The number of nitrogens with one attached hydrogen (secondary N) is 1. The molecule has 0 atom stereocenters. The number of nitrogens with zero attached hydrogens (tertiary/aromatic N) is 2. The predicted molar refractivity (Wildman–Crippen MR) is 112 cm³/mol. The number of anilines is 1. The second-order valence-corrected chi connectivity index (χ2v) is 7.59. The molecule has 2 aromatic carbocycles. The minimum atomic E-state index is -0.460. The van der Waals surface area contributed by atoms with Gasteiger partial charge in [0.1, 0.15) is 6.54 Å². The molecule has 0 unspecified atom stereocenters. The van der Waals surface area contributed by atoms with Gasteiger partial charge < -0.3 is 14.8 Å². The molecule has 0 bridgehead atoms. The van der Waals surface area contributed by atoms with Crippen LogP contribution in [0.15, 0.2) is 35.4 Å². The van der Waals surface area contributed by atoms with Crippen molar-refractivity contribution in [3.05, 3.63) is 56.0 Å². The Morgan fingerprint density at radius 1 is 1.07 bits per heavy atom. The molecule has 1 aliphatic rings. The third-order valence-electron chi connectivity index (χ3n) is 4.27. The van der Waals surface area contributed by atoms with Crippen LogP contribution in [0.2, 0.25) is 15.1 Å². The zero-order valence-corrected chi connectivity index (χ0v) is 17.1. The lowest BCUT2D eigenvalue weighted by molar-refractivity contribution is -0.116. The number of fused-ring (bicyclic) bond motifs is 2. The summed E-state index contributed by atoms with van der Waals surface area (Å²) in [5, 5.41) is 3.78. The number of hydrogen-bond acceptors (Lipinski definition) is 5. The van der Waals surface area contributed by atoms with E-state index in [1.54, 1.807) is 12.1 Å². The third-order valence-corrected chi connectivity index (χ3v) is 5.09. The number of carbonyl (C=O) groups is 1. The molecule has 2 heterocycles. The zero-order valence-electron chi connectivity index (χ0n) is 14.9. The number of carbonyl (C=O) groups excluding carboxylic acids is 1. The normalized spacial score (nSPS) is 13.2. The fourth-order valence-electron chi connectivity index (χ4n) is 2.93. The van der Waals surface area contributed by atoms with Crippen molar-refractivity contribution in [1.82, 2.24) is 9.55 Å². The molecule has 0 saturated carbocycles. The maximum atomic E-state index is 12.7. The van der Waals surface area contributed by atoms with E-state index in [1.807, 2.05) is 0 Å². The van der Waals surface area contributed by atoms with Crippen LogP contribution >= 0.6 is 34.8 Å². The summed E-state index contributed by atoms with van der Waals surface area (Å²) in [6.07, 6.45) is 2.01. The van der Waals surface area contributed by atoms with Gasteiger partial charge in [0.25, 0.3) is 5.56 Å². The molecule has 0 aliphatic carbocycles. The quantitative estimate of drug-likeness (QED) is 0.643. The number of benzene rings is 2. The number of amides is 1. The van der Waals surface area contributed by atoms with E-state index >= 15 is 0 Å². The van der Waals surface area contributed by atoms with Crippen LogP contribution < -0.4 is 20.3 Å². The fourth-order valence-corrected chi connectivity index (χ4v) is 3.67. The molecule has 1 amide bonds. The number of aromatic nitrogens is 2. The molecular weight excluding hydrogens is 441 g/mol. The van der Waals surface area contributed by atoms with Crippen LogP contribution in [0.5, 0.6) is 11.5 Å². The summed E-state index contributed by atoms with van der Waals surface area (Å²) in [4.78, 5) is 29.3. The van der Waals surface area contributed by atoms with Gasteiger partial charge in [0.05, 0.1) is 46.2 Å². The SMILES string of the molecule is O=C(Cn1cnc2c(Cl)cc(Cl)cc2c1=O)Nc1cc2c(cc1Cl)OCCCO2. The first-order chi connectivity index (χ1) is 13.9. The van der Waals surface area contributed by atoms with Crippen LogP contribution in [0.3, 0.4) is 0 Å². The van der Waals surface area contributed by atoms with Gasteiger partial charge in [-0.05, 0) is 12.1 Å². The van der Waals surface area contributed by atoms with Gasteiger partial charge in [0.15, 0.2) is 11.5 Å². The Bertz CT molecular complexity index is 1180. The summed E-state index contributed by atoms with van der Waals surface area (Å²) in [6, 6.07) is 6.15. The average molecular weight is 455 g/mol. The summed E-state index contributed by atoms with van der Waals surface area (Å²) in [7, 11) is 0. The highest BCUT2D eigenvalue weighted by Gasteiger charge is 2.17. The van der Waals surface area contributed by atoms with Crippen molar-refractivity contribution in [3.63, 3.8) is 0 Å². The lowest BCUT2D eigenvalue weighted by atomic mass is 10.2. The summed E-state index contributed by atoms with van der Waals surface area (Å²) >= 11 is 18.3. The smallest absolute Gasteiger partial charge is 0.261 e. The summed E-state index contributed by atoms with van der Waals surface area (Å²) in [5.74, 6) is 0.558. The van der Waals surface area contributed by atoms with Gasteiger partial charge in [-0.2, -0.15) is 0 Å². The molecule has 1 aromatic heterocycles. The number of halogens is 3. The highest BCUT2D eigenvalue weighted by Crippen LogP contribution is 2.37. The van der Waals surface area contributed by atoms with E-state index in [0.29, 0.717) is 46.0 Å². The summed E-state index contributed by atoms with van der Waals surface area (Å²) in [5.41, 5.74) is 0.247. The Kier molecular flexibility index (Phi) is 5.54. The highest BCUT2D eigenvalue weighted by atomic mass is 35.5. The molecule has 0 radical (unpaired) electrons. The van der Waals surface area contributed by atoms with E-state index in [2.05, 4.69) is 10.3 Å². The predicted octanol–water partition coefficient (Wildman–Crippen LogP) is 4.16.